The molecule has 0 saturated heterocycles. The van der Waals surface area contributed by atoms with Gasteiger partial charge in [0.05, 0.1) is 15.2 Å². The third kappa shape index (κ3) is 2.19. The van der Waals surface area contributed by atoms with E-state index in [0.717, 1.165) is 33.1 Å². The summed E-state index contributed by atoms with van der Waals surface area (Å²) in [6, 6.07) is 5.78. The van der Waals surface area contributed by atoms with Gasteiger partial charge in [0.15, 0.2) is 0 Å². The summed E-state index contributed by atoms with van der Waals surface area (Å²) in [5.41, 5.74) is 1.03. The zero-order chi connectivity index (χ0) is 9.97. The Morgan fingerprint density at radius 3 is 3.00 bits per heavy atom. The van der Waals surface area contributed by atoms with Crippen LogP contribution in [0.4, 0.5) is 0 Å². The van der Waals surface area contributed by atoms with Crippen molar-refractivity contribution < 1.29 is 0 Å². The van der Waals surface area contributed by atoms with E-state index >= 15 is 0 Å². The van der Waals surface area contributed by atoms with E-state index in [1.807, 2.05) is 18.2 Å². The Morgan fingerprint density at radius 1 is 1.36 bits per heavy atom. The molecule has 4 heteroatoms. The van der Waals surface area contributed by atoms with Gasteiger partial charge in [0.25, 0.3) is 0 Å². The molecule has 0 radical (unpaired) electrons. The molecule has 0 aliphatic carbocycles. The summed E-state index contributed by atoms with van der Waals surface area (Å²) in [4.78, 5) is 4.49. The fourth-order valence-corrected chi connectivity index (χ4v) is 2.69. The van der Waals surface area contributed by atoms with Crippen molar-refractivity contribution in [3.63, 3.8) is 0 Å². The van der Waals surface area contributed by atoms with Gasteiger partial charge >= 0.3 is 0 Å². The minimum Gasteiger partial charge on any atom is -0.241 e. The standard InChI is InChI=1S/C10H9Cl2NS/c11-5-1-2-10-13-8-4-3-7(12)6-9(8)14-10/h3-4,6H,1-2,5H2. The van der Waals surface area contributed by atoms with Gasteiger partial charge in [0.2, 0.25) is 0 Å². The highest BCUT2D eigenvalue weighted by atomic mass is 35.5. The van der Waals surface area contributed by atoms with Gasteiger partial charge in [0.1, 0.15) is 0 Å². The number of rotatable bonds is 3. The van der Waals surface area contributed by atoms with Gasteiger partial charge < -0.3 is 0 Å². The van der Waals surface area contributed by atoms with Crippen molar-refractivity contribution in [2.24, 2.45) is 0 Å². The molecule has 0 bridgehead atoms. The lowest BCUT2D eigenvalue weighted by Gasteiger charge is -1.88. The van der Waals surface area contributed by atoms with Crippen molar-refractivity contribution in [3.8, 4) is 0 Å². The zero-order valence-electron chi connectivity index (χ0n) is 7.46. The van der Waals surface area contributed by atoms with Crippen molar-refractivity contribution in [1.82, 2.24) is 4.98 Å². The second-order valence-electron chi connectivity index (χ2n) is 3.01. The van der Waals surface area contributed by atoms with E-state index in [-0.39, 0.29) is 0 Å². The number of aromatic nitrogens is 1. The van der Waals surface area contributed by atoms with Crippen LogP contribution in [-0.2, 0) is 6.42 Å². The predicted octanol–water partition coefficient (Wildman–Crippen LogP) is 4.12. The van der Waals surface area contributed by atoms with Crippen LogP contribution in [0.1, 0.15) is 11.4 Å². The molecule has 0 atom stereocenters. The minimum atomic E-state index is 0.691. The first-order valence-electron chi connectivity index (χ1n) is 4.40. The minimum absolute atomic E-state index is 0.691. The Balaban J connectivity index is 2.32. The molecule has 1 aromatic heterocycles. The van der Waals surface area contributed by atoms with E-state index in [1.54, 1.807) is 11.3 Å². The van der Waals surface area contributed by atoms with E-state index in [4.69, 9.17) is 23.2 Å². The summed E-state index contributed by atoms with van der Waals surface area (Å²) < 4.78 is 1.15. The Bertz CT molecular complexity index is 439. The van der Waals surface area contributed by atoms with Crippen molar-refractivity contribution in [2.45, 2.75) is 12.8 Å². The van der Waals surface area contributed by atoms with Crippen LogP contribution in [0, 0.1) is 0 Å². The number of alkyl halides is 1. The molecule has 2 aromatic rings. The summed E-state index contributed by atoms with van der Waals surface area (Å²) in [5.74, 6) is 0.691. The van der Waals surface area contributed by atoms with Gasteiger partial charge in [-0.15, -0.1) is 22.9 Å². The van der Waals surface area contributed by atoms with Crippen molar-refractivity contribution in [1.29, 1.82) is 0 Å². The molecule has 0 aliphatic heterocycles. The number of hydrogen-bond acceptors (Lipinski definition) is 2. The second kappa shape index (κ2) is 4.47. The zero-order valence-corrected chi connectivity index (χ0v) is 9.79. The third-order valence-electron chi connectivity index (χ3n) is 1.92. The summed E-state index contributed by atoms with van der Waals surface area (Å²) >= 11 is 13.2. The number of halogens is 2. The first-order valence-corrected chi connectivity index (χ1v) is 6.13. The number of hydrogen-bond donors (Lipinski definition) is 0. The van der Waals surface area contributed by atoms with Gasteiger partial charge in [-0.3, -0.25) is 0 Å². The van der Waals surface area contributed by atoms with Crippen LogP contribution >= 0.6 is 34.5 Å². The molecule has 0 unspecified atom stereocenters. The molecular weight excluding hydrogens is 237 g/mol. The normalized spacial score (nSPS) is 11.0. The fraction of sp³-hybridized carbons (Fsp3) is 0.300. The lowest BCUT2D eigenvalue weighted by Crippen LogP contribution is -1.83. The molecule has 1 nitrogen and oxygen atoms in total. The number of benzene rings is 1. The number of aryl methyl sites for hydroxylation is 1. The maximum Gasteiger partial charge on any atom is 0.0939 e. The van der Waals surface area contributed by atoms with Crippen molar-refractivity contribution >= 4 is 44.8 Å². The molecule has 0 spiro atoms. The molecule has 1 heterocycles. The Hall–Kier alpha value is -0.310. The Kier molecular flexibility index (Phi) is 3.26. The van der Waals surface area contributed by atoms with Crippen LogP contribution in [0.3, 0.4) is 0 Å². The lowest BCUT2D eigenvalue weighted by molar-refractivity contribution is 0.919. The molecule has 14 heavy (non-hydrogen) atoms. The number of fused-ring (bicyclic) bond motifs is 1. The summed E-state index contributed by atoms with van der Waals surface area (Å²) in [6.45, 7) is 0. The van der Waals surface area contributed by atoms with Gasteiger partial charge in [-0.2, -0.15) is 0 Å². The summed E-state index contributed by atoms with van der Waals surface area (Å²) in [5, 5.41) is 1.91. The molecule has 0 aliphatic rings. The van der Waals surface area contributed by atoms with Crippen LogP contribution in [-0.4, -0.2) is 10.9 Å². The molecule has 74 valence electrons. The maximum absolute atomic E-state index is 5.89. The molecule has 0 fully saturated rings. The molecule has 1 aromatic carbocycles. The number of thiazole rings is 1. The van der Waals surface area contributed by atoms with E-state index in [2.05, 4.69) is 4.98 Å². The smallest absolute Gasteiger partial charge is 0.0939 e. The number of nitrogens with zero attached hydrogens (tertiary/aromatic N) is 1. The quantitative estimate of drug-likeness (QED) is 0.742. The SMILES string of the molecule is ClCCCc1nc2ccc(Cl)cc2s1. The lowest BCUT2D eigenvalue weighted by atomic mass is 10.3. The largest absolute Gasteiger partial charge is 0.241 e. The van der Waals surface area contributed by atoms with Crippen LogP contribution < -0.4 is 0 Å². The summed E-state index contributed by atoms with van der Waals surface area (Å²) in [6.07, 6.45) is 1.94. The molecule has 0 N–H and O–H groups in total. The first kappa shape index (κ1) is 10.2. The van der Waals surface area contributed by atoms with E-state index in [0.29, 0.717) is 5.88 Å². The third-order valence-corrected chi connectivity index (χ3v) is 3.50. The Morgan fingerprint density at radius 2 is 2.21 bits per heavy atom. The fourth-order valence-electron chi connectivity index (χ4n) is 1.27. The highest BCUT2D eigenvalue weighted by Gasteiger charge is 2.03. The Labute approximate surface area is 96.7 Å². The average molecular weight is 246 g/mol. The van der Waals surface area contributed by atoms with Crippen molar-refractivity contribution in [3.05, 3.63) is 28.2 Å². The highest BCUT2D eigenvalue weighted by Crippen LogP contribution is 2.25. The van der Waals surface area contributed by atoms with E-state index in [1.165, 1.54) is 0 Å². The molecule has 0 saturated carbocycles. The predicted molar refractivity (Wildman–Crippen MR) is 63.7 cm³/mol. The van der Waals surface area contributed by atoms with Crippen LogP contribution in [0.25, 0.3) is 10.2 Å². The first-order chi connectivity index (χ1) is 6.79. The van der Waals surface area contributed by atoms with Gasteiger partial charge in [-0.1, -0.05) is 11.6 Å². The molecule has 2 rings (SSSR count). The summed E-state index contributed by atoms with van der Waals surface area (Å²) in [7, 11) is 0. The van der Waals surface area contributed by atoms with Crippen LogP contribution in [0.5, 0.6) is 0 Å². The molecule has 0 amide bonds. The van der Waals surface area contributed by atoms with Crippen molar-refractivity contribution in [2.75, 3.05) is 5.88 Å². The van der Waals surface area contributed by atoms with Crippen LogP contribution in [0.2, 0.25) is 5.02 Å². The van der Waals surface area contributed by atoms with E-state index < -0.39 is 0 Å². The van der Waals surface area contributed by atoms with E-state index in [9.17, 15) is 0 Å². The maximum atomic E-state index is 5.89. The highest BCUT2D eigenvalue weighted by molar-refractivity contribution is 7.18. The van der Waals surface area contributed by atoms with Crippen LogP contribution in [0.15, 0.2) is 18.2 Å². The monoisotopic (exact) mass is 245 g/mol. The van der Waals surface area contributed by atoms with Gasteiger partial charge in [0, 0.05) is 17.3 Å². The topological polar surface area (TPSA) is 12.9 Å². The second-order valence-corrected chi connectivity index (χ2v) is 4.94. The van der Waals surface area contributed by atoms with Gasteiger partial charge in [-0.25, -0.2) is 4.98 Å². The molecular formula is C10H9Cl2NS. The average Bonchev–Trinajstić information content (AvgIpc) is 2.56. The van der Waals surface area contributed by atoms with Gasteiger partial charge in [-0.05, 0) is 24.6 Å².